The molecule has 0 saturated carbocycles. The Labute approximate surface area is 152 Å². The summed E-state index contributed by atoms with van der Waals surface area (Å²) >= 11 is 0. The number of rotatable bonds is 7. The van der Waals surface area contributed by atoms with Gasteiger partial charge in [0.2, 0.25) is 5.54 Å². The van der Waals surface area contributed by atoms with Crippen LogP contribution in [0.2, 0.25) is 0 Å². The van der Waals surface area contributed by atoms with Crippen LogP contribution in [0.1, 0.15) is 27.2 Å². The molecule has 11 heteroatoms. The SMILES string of the molecule is CCOc1ccc(OCC)c(NC(=O)NC(CC)(C(F)(F)F)C(F)(F)F)c1. The summed E-state index contributed by atoms with van der Waals surface area (Å²) in [6, 6.07) is 2.42. The van der Waals surface area contributed by atoms with Crippen LogP contribution in [0.25, 0.3) is 0 Å². The fraction of sp³-hybridized carbons (Fsp3) is 0.562. The summed E-state index contributed by atoms with van der Waals surface area (Å²) in [7, 11) is 0. The molecule has 1 aromatic carbocycles. The number of hydrogen-bond acceptors (Lipinski definition) is 3. The number of halogens is 6. The molecule has 0 saturated heterocycles. The summed E-state index contributed by atoms with van der Waals surface area (Å²) in [5.41, 5.74) is -4.51. The third kappa shape index (κ3) is 5.10. The highest BCUT2D eigenvalue weighted by Crippen LogP contribution is 2.45. The lowest BCUT2D eigenvalue weighted by Gasteiger charge is -2.37. The minimum Gasteiger partial charge on any atom is -0.494 e. The summed E-state index contributed by atoms with van der Waals surface area (Å²) in [6.07, 6.45) is -12.9. The lowest BCUT2D eigenvalue weighted by molar-refractivity contribution is -0.304. The van der Waals surface area contributed by atoms with E-state index in [0.717, 1.165) is 5.32 Å². The highest BCUT2D eigenvalue weighted by Gasteiger charge is 2.70. The maximum Gasteiger partial charge on any atom is 0.420 e. The van der Waals surface area contributed by atoms with Gasteiger partial charge in [0, 0.05) is 6.07 Å². The largest absolute Gasteiger partial charge is 0.494 e. The van der Waals surface area contributed by atoms with E-state index in [-0.39, 0.29) is 30.4 Å². The van der Waals surface area contributed by atoms with Gasteiger partial charge in [-0.05, 0) is 32.4 Å². The third-order valence-electron chi connectivity index (χ3n) is 3.64. The maximum atomic E-state index is 13.1. The van der Waals surface area contributed by atoms with Crippen molar-refractivity contribution in [3.8, 4) is 11.5 Å². The van der Waals surface area contributed by atoms with Crippen molar-refractivity contribution in [2.75, 3.05) is 18.5 Å². The molecular formula is C16H20F6N2O3. The smallest absolute Gasteiger partial charge is 0.420 e. The number of urea groups is 1. The molecule has 27 heavy (non-hydrogen) atoms. The van der Waals surface area contributed by atoms with Crippen LogP contribution in [-0.4, -0.2) is 37.1 Å². The van der Waals surface area contributed by atoms with Crippen molar-refractivity contribution < 1.29 is 40.6 Å². The topological polar surface area (TPSA) is 59.6 Å². The maximum absolute atomic E-state index is 13.1. The molecule has 1 rings (SSSR count). The van der Waals surface area contributed by atoms with Gasteiger partial charge in [0.05, 0.1) is 18.9 Å². The number of carbonyl (C=O) groups is 1. The molecule has 0 spiro atoms. The average Bonchev–Trinajstić information content (AvgIpc) is 2.53. The molecule has 0 aliphatic heterocycles. The lowest BCUT2D eigenvalue weighted by atomic mass is 9.94. The first kappa shape index (κ1) is 22.7. The molecule has 1 aromatic rings. The number of alkyl halides is 6. The number of nitrogens with one attached hydrogen (secondary N) is 2. The Balaban J connectivity index is 3.18. The molecule has 0 unspecified atom stereocenters. The van der Waals surface area contributed by atoms with E-state index in [4.69, 9.17) is 9.47 Å². The number of amides is 2. The normalized spacial score (nSPS) is 12.5. The summed E-state index contributed by atoms with van der Waals surface area (Å²) in [4.78, 5) is 12.0. The Morgan fingerprint density at radius 1 is 0.963 bits per heavy atom. The van der Waals surface area contributed by atoms with Crippen molar-refractivity contribution in [3.63, 3.8) is 0 Å². The summed E-state index contributed by atoms with van der Waals surface area (Å²) in [5.74, 6) is 0.321. The van der Waals surface area contributed by atoms with Gasteiger partial charge in [-0.3, -0.25) is 0 Å². The molecule has 0 atom stereocenters. The molecule has 2 amide bonds. The van der Waals surface area contributed by atoms with Crippen molar-refractivity contribution in [1.29, 1.82) is 0 Å². The van der Waals surface area contributed by atoms with Gasteiger partial charge in [0.15, 0.2) is 0 Å². The van der Waals surface area contributed by atoms with Crippen LogP contribution in [0.5, 0.6) is 11.5 Å². The first-order valence-electron chi connectivity index (χ1n) is 8.04. The Hall–Kier alpha value is -2.33. The van der Waals surface area contributed by atoms with E-state index in [0.29, 0.717) is 6.92 Å². The fourth-order valence-corrected chi connectivity index (χ4v) is 2.28. The first-order chi connectivity index (χ1) is 12.4. The Kier molecular flexibility index (Phi) is 7.21. The van der Waals surface area contributed by atoms with Gasteiger partial charge in [-0.2, -0.15) is 26.3 Å². The van der Waals surface area contributed by atoms with Gasteiger partial charge in [-0.1, -0.05) is 6.92 Å². The molecule has 0 bridgehead atoms. The van der Waals surface area contributed by atoms with Crippen LogP contribution in [0.15, 0.2) is 18.2 Å². The Bertz CT molecular complexity index is 632. The quantitative estimate of drug-likeness (QED) is 0.640. The van der Waals surface area contributed by atoms with Crippen LogP contribution in [-0.2, 0) is 0 Å². The monoisotopic (exact) mass is 402 g/mol. The van der Waals surface area contributed by atoms with Crippen molar-refractivity contribution in [1.82, 2.24) is 5.32 Å². The Morgan fingerprint density at radius 2 is 1.52 bits per heavy atom. The average molecular weight is 402 g/mol. The number of ether oxygens (including phenoxy) is 2. The zero-order valence-corrected chi connectivity index (χ0v) is 14.8. The van der Waals surface area contributed by atoms with Gasteiger partial charge < -0.3 is 20.1 Å². The second-order valence-electron chi connectivity index (χ2n) is 5.36. The van der Waals surface area contributed by atoms with Crippen LogP contribution >= 0.6 is 0 Å². The molecule has 0 fully saturated rings. The first-order valence-corrected chi connectivity index (χ1v) is 8.04. The van der Waals surface area contributed by atoms with Gasteiger partial charge in [0.1, 0.15) is 11.5 Å². The zero-order chi connectivity index (χ0) is 20.9. The second-order valence-corrected chi connectivity index (χ2v) is 5.36. The summed E-state index contributed by atoms with van der Waals surface area (Å²) < 4.78 is 89.2. The highest BCUT2D eigenvalue weighted by atomic mass is 19.4. The van der Waals surface area contributed by atoms with Crippen LogP contribution in [0, 0.1) is 0 Å². The van der Waals surface area contributed by atoms with E-state index < -0.39 is 30.3 Å². The van der Waals surface area contributed by atoms with E-state index >= 15 is 0 Å². The summed E-state index contributed by atoms with van der Waals surface area (Å²) in [5, 5.41) is 3.01. The molecule has 0 aromatic heterocycles. The highest BCUT2D eigenvalue weighted by molar-refractivity contribution is 5.92. The molecule has 5 nitrogen and oxygen atoms in total. The lowest BCUT2D eigenvalue weighted by Crippen LogP contribution is -2.67. The second kappa shape index (κ2) is 8.57. The Morgan fingerprint density at radius 3 is 1.96 bits per heavy atom. The van der Waals surface area contributed by atoms with Crippen molar-refractivity contribution in [2.24, 2.45) is 0 Å². The predicted octanol–water partition coefficient (Wildman–Crippen LogP) is 4.88. The fourth-order valence-electron chi connectivity index (χ4n) is 2.28. The molecule has 154 valence electrons. The molecule has 0 heterocycles. The molecule has 0 radical (unpaired) electrons. The van der Waals surface area contributed by atoms with E-state index in [9.17, 15) is 31.1 Å². The van der Waals surface area contributed by atoms with Gasteiger partial charge in [0.25, 0.3) is 0 Å². The number of hydrogen-bond donors (Lipinski definition) is 2. The van der Waals surface area contributed by atoms with Crippen LogP contribution in [0.4, 0.5) is 36.8 Å². The molecule has 0 aliphatic rings. The van der Waals surface area contributed by atoms with E-state index in [2.05, 4.69) is 0 Å². The van der Waals surface area contributed by atoms with Crippen molar-refractivity contribution in [3.05, 3.63) is 18.2 Å². The standard InChI is InChI=1S/C16H20F6N2O3/c1-4-14(15(17,18)19,16(20,21)22)24-13(25)23-11-9-10(26-5-2)7-8-12(11)27-6-3/h7-9H,4-6H2,1-3H3,(H2,23,24,25). The van der Waals surface area contributed by atoms with Gasteiger partial charge in [-0.25, -0.2) is 4.79 Å². The molecular weight excluding hydrogens is 382 g/mol. The van der Waals surface area contributed by atoms with Gasteiger partial charge >= 0.3 is 18.4 Å². The molecule has 2 N–H and O–H groups in total. The van der Waals surface area contributed by atoms with Crippen molar-refractivity contribution >= 4 is 11.7 Å². The number of carbonyl (C=O) groups excluding carboxylic acids is 1. The van der Waals surface area contributed by atoms with Crippen molar-refractivity contribution in [2.45, 2.75) is 45.1 Å². The number of benzene rings is 1. The minimum atomic E-state index is -5.74. The van der Waals surface area contributed by atoms with E-state index in [1.54, 1.807) is 13.8 Å². The van der Waals surface area contributed by atoms with E-state index in [1.807, 2.05) is 5.32 Å². The summed E-state index contributed by atoms with van der Waals surface area (Å²) in [6.45, 7) is 4.41. The third-order valence-corrected chi connectivity index (χ3v) is 3.64. The number of anilines is 1. The van der Waals surface area contributed by atoms with E-state index in [1.165, 1.54) is 18.2 Å². The van der Waals surface area contributed by atoms with Crippen LogP contribution in [0.3, 0.4) is 0 Å². The van der Waals surface area contributed by atoms with Crippen LogP contribution < -0.4 is 20.1 Å². The predicted molar refractivity (Wildman–Crippen MR) is 86.1 cm³/mol. The minimum absolute atomic E-state index is 0.0669. The van der Waals surface area contributed by atoms with Gasteiger partial charge in [-0.15, -0.1) is 0 Å². The zero-order valence-electron chi connectivity index (χ0n) is 14.8. The molecule has 0 aliphatic carbocycles.